The van der Waals surface area contributed by atoms with E-state index in [2.05, 4.69) is 9.97 Å². The Morgan fingerprint density at radius 2 is 2.04 bits per heavy atom. The van der Waals surface area contributed by atoms with Crippen molar-refractivity contribution in [1.82, 2.24) is 9.97 Å². The molecule has 0 aliphatic rings. The molecule has 0 aliphatic heterocycles. The fraction of sp³-hybridized carbons (Fsp3) is 0.167. The highest BCUT2D eigenvalue weighted by Crippen LogP contribution is 2.27. The number of rotatable bonds is 4. The first-order chi connectivity index (χ1) is 12.0. The van der Waals surface area contributed by atoms with Gasteiger partial charge in [-0.1, -0.05) is 19.1 Å². The predicted molar refractivity (Wildman–Crippen MR) is 88.9 cm³/mol. The molecule has 0 spiro atoms. The summed E-state index contributed by atoms with van der Waals surface area (Å²) in [5.41, 5.74) is -0.508. The van der Waals surface area contributed by atoms with E-state index in [9.17, 15) is 19.1 Å². The Kier molecular flexibility index (Phi) is 4.47. The quantitative estimate of drug-likeness (QED) is 0.711. The number of fused-ring (bicyclic) bond motifs is 1. The number of carbonyl (C=O) groups excluding carboxylic acids is 1. The average molecular weight is 342 g/mol. The van der Waals surface area contributed by atoms with Gasteiger partial charge in [0.25, 0.3) is 5.56 Å². The molecule has 2 heterocycles. The highest BCUT2D eigenvalue weighted by molar-refractivity contribution is 5.98. The van der Waals surface area contributed by atoms with E-state index in [1.165, 1.54) is 36.5 Å². The fourth-order valence-electron chi connectivity index (χ4n) is 2.55. The predicted octanol–water partition coefficient (Wildman–Crippen LogP) is 3.08. The van der Waals surface area contributed by atoms with Crippen LogP contribution in [0.25, 0.3) is 11.0 Å². The number of hydrogen-bond acceptors (Lipinski definition) is 5. The third-order valence-corrected chi connectivity index (χ3v) is 3.82. The van der Waals surface area contributed by atoms with Gasteiger partial charge >= 0.3 is 5.97 Å². The maximum atomic E-state index is 13.0. The summed E-state index contributed by atoms with van der Waals surface area (Å²) in [6.07, 6.45) is 1.21. The molecular formula is C18H15FN2O4. The first kappa shape index (κ1) is 16.6. The summed E-state index contributed by atoms with van der Waals surface area (Å²) in [6, 6.07) is 8.64. The molecule has 0 amide bonds. The van der Waals surface area contributed by atoms with Crippen LogP contribution in [0, 0.1) is 5.82 Å². The van der Waals surface area contributed by atoms with Crippen LogP contribution in [0.3, 0.4) is 0 Å². The van der Waals surface area contributed by atoms with E-state index in [1.807, 2.05) is 0 Å². The second-order valence-electron chi connectivity index (χ2n) is 5.43. The minimum Gasteiger partial charge on any atom is -0.506 e. The highest BCUT2D eigenvalue weighted by atomic mass is 19.1. The molecule has 128 valence electrons. The van der Waals surface area contributed by atoms with Gasteiger partial charge in [0.05, 0.1) is 5.39 Å². The summed E-state index contributed by atoms with van der Waals surface area (Å²) < 4.78 is 18.4. The van der Waals surface area contributed by atoms with Crippen LogP contribution in [-0.2, 0) is 4.74 Å². The normalized spacial score (nSPS) is 12.1. The Morgan fingerprint density at radius 1 is 1.32 bits per heavy atom. The lowest BCUT2D eigenvalue weighted by Crippen LogP contribution is -2.22. The van der Waals surface area contributed by atoms with E-state index < -0.39 is 34.8 Å². The van der Waals surface area contributed by atoms with Crippen LogP contribution in [0.15, 0.2) is 47.4 Å². The molecule has 1 atom stereocenters. The molecule has 1 aromatic carbocycles. The monoisotopic (exact) mass is 342 g/mol. The highest BCUT2D eigenvalue weighted by Gasteiger charge is 2.24. The zero-order chi connectivity index (χ0) is 18.0. The van der Waals surface area contributed by atoms with E-state index in [4.69, 9.17) is 4.74 Å². The fourth-order valence-corrected chi connectivity index (χ4v) is 2.55. The number of carbonyl (C=O) groups is 1. The molecule has 0 fully saturated rings. The third kappa shape index (κ3) is 3.21. The molecule has 3 aromatic rings. The van der Waals surface area contributed by atoms with Crippen LogP contribution in [0.4, 0.5) is 4.39 Å². The SMILES string of the molecule is CCC(OC(=O)c1c(O)c2cccnc2[nH]c1=O)c1ccc(F)cc1. The number of halogens is 1. The van der Waals surface area contributed by atoms with Crippen molar-refractivity contribution in [3.8, 4) is 5.75 Å². The van der Waals surface area contributed by atoms with Gasteiger partial charge in [0.1, 0.15) is 23.3 Å². The molecule has 0 saturated carbocycles. The minimum atomic E-state index is -0.958. The largest absolute Gasteiger partial charge is 0.506 e. The first-order valence-corrected chi connectivity index (χ1v) is 7.67. The number of hydrogen-bond donors (Lipinski definition) is 2. The number of H-pyrrole nitrogens is 1. The Morgan fingerprint density at radius 3 is 2.72 bits per heavy atom. The van der Waals surface area contributed by atoms with Crippen molar-refractivity contribution in [2.24, 2.45) is 0 Å². The molecule has 0 saturated heterocycles. The van der Waals surface area contributed by atoms with Crippen molar-refractivity contribution in [2.45, 2.75) is 19.4 Å². The molecule has 6 nitrogen and oxygen atoms in total. The number of pyridine rings is 2. The van der Waals surface area contributed by atoms with E-state index in [0.29, 0.717) is 12.0 Å². The lowest BCUT2D eigenvalue weighted by Gasteiger charge is -2.17. The summed E-state index contributed by atoms with van der Waals surface area (Å²) in [5.74, 6) is -1.84. The Balaban J connectivity index is 1.96. The van der Waals surface area contributed by atoms with Crippen LogP contribution in [0.1, 0.15) is 35.4 Å². The molecule has 2 N–H and O–H groups in total. The van der Waals surface area contributed by atoms with E-state index in [1.54, 1.807) is 13.0 Å². The maximum absolute atomic E-state index is 13.0. The molecule has 7 heteroatoms. The van der Waals surface area contributed by atoms with Crippen LogP contribution >= 0.6 is 0 Å². The molecule has 1 unspecified atom stereocenters. The van der Waals surface area contributed by atoms with Crippen molar-refractivity contribution in [2.75, 3.05) is 0 Å². The van der Waals surface area contributed by atoms with Gasteiger partial charge in [0.15, 0.2) is 5.56 Å². The second-order valence-corrected chi connectivity index (χ2v) is 5.43. The number of aromatic hydroxyl groups is 1. The lowest BCUT2D eigenvalue weighted by molar-refractivity contribution is 0.0283. The topological polar surface area (TPSA) is 92.3 Å². The summed E-state index contributed by atoms with van der Waals surface area (Å²) in [6.45, 7) is 1.79. The summed E-state index contributed by atoms with van der Waals surface area (Å²) in [7, 11) is 0. The van der Waals surface area contributed by atoms with Gasteiger partial charge in [-0.3, -0.25) is 4.79 Å². The number of esters is 1. The van der Waals surface area contributed by atoms with Crippen LogP contribution < -0.4 is 5.56 Å². The van der Waals surface area contributed by atoms with Gasteiger partial charge in [-0.25, -0.2) is 14.2 Å². The third-order valence-electron chi connectivity index (χ3n) is 3.82. The number of benzene rings is 1. The number of aromatic nitrogens is 2. The molecule has 0 aliphatic carbocycles. The van der Waals surface area contributed by atoms with E-state index >= 15 is 0 Å². The standard InChI is InChI=1S/C18H15FN2O4/c1-2-13(10-5-7-11(19)8-6-10)25-18(24)14-15(22)12-4-3-9-20-16(12)21-17(14)23/h3-9,13H,2H2,1H3,(H2,20,21,22,23). The molecule has 3 rings (SSSR count). The minimum absolute atomic E-state index is 0.173. The summed E-state index contributed by atoms with van der Waals surface area (Å²) >= 11 is 0. The summed E-state index contributed by atoms with van der Waals surface area (Å²) in [5, 5.41) is 10.5. The number of nitrogens with zero attached hydrogens (tertiary/aromatic N) is 1. The van der Waals surface area contributed by atoms with Gasteiger partial charge in [-0.15, -0.1) is 0 Å². The Labute approximate surface area is 141 Å². The van der Waals surface area contributed by atoms with E-state index in [-0.39, 0.29) is 11.0 Å². The zero-order valence-electron chi connectivity index (χ0n) is 13.3. The Hall–Kier alpha value is -3.22. The molecule has 0 bridgehead atoms. The molecular weight excluding hydrogens is 327 g/mol. The molecule has 2 aromatic heterocycles. The van der Waals surface area contributed by atoms with Crippen LogP contribution in [-0.4, -0.2) is 21.0 Å². The zero-order valence-corrected chi connectivity index (χ0v) is 13.3. The molecule has 25 heavy (non-hydrogen) atoms. The van der Waals surface area contributed by atoms with Gasteiger partial charge in [0.2, 0.25) is 0 Å². The average Bonchev–Trinajstić information content (AvgIpc) is 2.60. The summed E-state index contributed by atoms with van der Waals surface area (Å²) in [4.78, 5) is 31.0. The van der Waals surface area contributed by atoms with Gasteiger partial charge < -0.3 is 14.8 Å². The lowest BCUT2D eigenvalue weighted by atomic mass is 10.1. The van der Waals surface area contributed by atoms with Gasteiger partial charge in [-0.2, -0.15) is 0 Å². The van der Waals surface area contributed by atoms with Crippen LogP contribution in [0.5, 0.6) is 5.75 Å². The number of ether oxygens (including phenoxy) is 1. The van der Waals surface area contributed by atoms with Crippen molar-refractivity contribution >= 4 is 17.0 Å². The smallest absolute Gasteiger partial charge is 0.348 e. The number of aromatic amines is 1. The van der Waals surface area contributed by atoms with Crippen LogP contribution in [0.2, 0.25) is 0 Å². The first-order valence-electron chi connectivity index (χ1n) is 7.67. The van der Waals surface area contributed by atoms with Crippen molar-refractivity contribution < 1.29 is 19.0 Å². The Bertz CT molecular complexity index is 983. The molecule has 0 radical (unpaired) electrons. The second kappa shape index (κ2) is 6.72. The number of nitrogens with one attached hydrogen (secondary N) is 1. The van der Waals surface area contributed by atoms with Gasteiger partial charge in [-0.05, 0) is 36.2 Å². The van der Waals surface area contributed by atoms with E-state index in [0.717, 1.165) is 0 Å². The van der Waals surface area contributed by atoms with Gasteiger partial charge in [0, 0.05) is 6.20 Å². The van der Waals surface area contributed by atoms with Crippen molar-refractivity contribution in [3.05, 3.63) is 69.9 Å². The van der Waals surface area contributed by atoms with Crippen molar-refractivity contribution in [3.63, 3.8) is 0 Å². The maximum Gasteiger partial charge on any atom is 0.348 e. The van der Waals surface area contributed by atoms with Crippen molar-refractivity contribution in [1.29, 1.82) is 0 Å².